The fourth-order valence-electron chi connectivity index (χ4n) is 3.09. The van der Waals surface area contributed by atoms with E-state index in [1.54, 1.807) is 18.2 Å². The van der Waals surface area contributed by atoms with E-state index in [0.29, 0.717) is 36.4 Å². The Labute approximate surface area is 152 Å². The molecule has 0 spiro atoms. The second kappa shape index (κ2) is 6.69. The predicted octanol–water partition coefficient (Wildman–Crippen LogP) is 2.44. The van der Waals surface area contributed by atoms with Crippen LogP contribution in [0.3, 0.4) is 0 Å². The fraction of sp³-hybridized carbons (Fsp3) is 0.333. The molecule has 4 rings (SSSR count). The molecule has 7 nitrogen and oxygen atoms in total. The maximum atomic E-state index is 12.6. The molecule has 138 valence electrons. The van der Waals surface area contributed by atoms with Gasteiger partial charge < -0.3 is 19.1 Å². The van der Waals surface area contributed by atoms with Gasteiger partial charge in [-0.2, -0.15) is 0 Å². The van der Waals surface area contributed by atoms with Gasteiger partial charge in [0.05, 0.1) is 18.1 Å². The molecule has 0 radical (unpaired) electrons. The smallest absolute Gasteiger partial charge is 0.262 e. The lowest BCUT2D eigenvalue weighted by atomic mass is 10.2. The minimum atomic E-state index is -3.70. The van der Waals surface area contributed by atoms with Crippen molar-refractivity contribution in [2.45, 2.75) is 17.9 Å². The van der Waals surface area contributed by atoms with Crippen molar-refractivity contribution < 1.29 is 22.6 Å². The third kappa shape index (κ3) is 3.30. The van der Waals surface area contributed by atoms with E-state index < -0.39 is 10.0 Å². The van der Waals surface area contributed by atoms with Crippen LogP contribution in [0.4, 0.5) is 11.4 Å². The van der Waals surface area contributed by atoms with Gasteiger partial charge in [0.15, 0.2) is 11.5 Å². The molecule has 1 fully saturated rings. The number of nitrogens with one attached hydrogen (secondary N) is 1. The zero-order valence-electron chi connectivity index (χ0n) is 14.3. The van der Waals surface area contributed by atoms with Crippen LogP contribution in [0.25, 0.3) is 0 Å². The van der Waals surface area contributed by atoms with Gasteiger partial charge in [-0.3, -0.25) is 4.72 Å². The largest absolute Gasteiger partial charge is 0.454 e. The summed E-state index contributed by atoms with van der Waals surface area (Å²) in [4.78, 5) is 2.38. The van der Waals surface area contributed by atoms with Gasteiger partial charge in [0, 0.05) is 30.0 Å². The molecule has 0 aromatic heterocycles. The Balaban J connectivity index is 1.51. The first-order valence-electron chi connectivity index (χ1n) is 8.40. The second-order valence-electron chi connectivity index (χ2n) is 6.28. The fourth-order valence-corrected chi connectivity index (χ4v) is 4.16. The van der Waals surface area contributed by atoms with E-state index in [1.165, 1.54) is 12.1 Å². The third-order valence-corrected chi connectivity index (χ3v) is 5.85. The van der Waals surface area contributed by atoms with E-state index in [2.05, 4.69) is 16.5 Å². The average Bonchev–Trinajstić information content (AvgIpc) is 3.10. The highest BCUT2D eigenvalue weighted by molar-refractivity contribution is 7.92. The molecule has 1 unspecified atom stereocenters. The van der Waals surface area contributed by atoms with Gasteiger partial charge in [0.1, 0.15) is 0 Å². The molecule has 1 atom stereocenters. The molecule has 0 saturated carbocycles. The number of morpholine rings is 1. The number of sulfonamides is 1. The highest BCUT2D eigenvalue weighted by Gasteiger charge is 2.21. The summed E-state index contributed by atoms with van der Waals surface area (Å²) in [7, 11) is -3.70. The molecule has 2 aromatic carbocycles. The summed E-state index contributed by atoms with van der Waals surface area (Å²) in [6.07, 6.45) is 0. The quantitative estimate of drug-likeness (QED) is 0.883. The molecule has 0 aliphatic carbocycles. The van der Waals surface area contributed by atoms with Crippen LogP contribution in [0.5, 0.6) is 11.5 Å². The Hall–Kier alpha value is -2.45. The summed E-state index contributed by atoms with van der Waals surface area (Å²) in [5.74, 6) is 0.984. The van der Waals surface area contributed by atoms with E-state index in [0.717, 1.165) is 12.2 Å². The van der Waals surface area contributed by atoms with Crippen LogP contribution in [0, 0.1) is 0 Å². The second-order valence-corrected chi connectivity index (χ2v) is 7.97. The topological polar surface area (TPSA) is 77.1 Å². The minimum absolute atomic E-state index is 0.105. The predicted molar refractivity (Wildman–Crippen MR) is 97.4 cm³/mol. The van der Waals surface area contributed by atoms with Crippen molar-refractivity contribution in [1.82, 2.24) is 0 Å². The summed E-state index contributed by atoms with van der Waals surface area (Å²) in [5.41, 5.74) is 1.55. The number of hydrogen-bond donors (Lipinski definition) is 1. The van der Waals surface area contributed by atoms with E-state index in [4.69, 9.17) is 14.2 Å². The Kier molecular flexibility index (Phi) is 4.37. The lowest BCUT2D eigenvalue weighted by molar-refractivity contribution is 0.0989. The van der Waals surface area contributed by atoms with Gasteiger partial charge in [-0.1, -0.05) is 0 Å². The number of hydrogen-bond acceptors (Lipinski definition) is 6. The van der Waals surface area contributed by atoms with Crippen LogP contribution in [0.2, 0.25) is 0 Å². The Morgan fingerprint density at radius 2 is 1.85 bits per heavy atom. The molecule has 2 aliphatic rings. The van der Waals surface area contributed by atoms with Crippen LogP contribution < -0.4 is 19.1 Å². The van der Waals surface area contributed by atoms with Gasteiger partial charge in [-0.05, 0) is 43.3 Å². The lowest BCUT2D eigenvalue weighted by Crippen LogP contribution is -2.43. The van der Waals surface area contributed by atoms with E-state index >= 15 is 0 Å². The summed E-state index contributed by atoms with van der Waals surface area (Å²) in [6.45, 7) is 4.42. The molecule has 1 N–H and O–H groups in total. The SMILES string of the molecule is CC1COCCN1c1ccc(NS(=O)(=O)c2ccc3c(c2)OCO3)cc1. The monoisotopic (exact) mass is 376 g/mol. The highest BCUT2D eigenvalue weighted by Crippen LogP contribution is 2.34. The first-order chi connectivity index (χ1) is 12.5. The zero-order chi connectivity index (χ0) is 18.1. The summed E-state index contributed by atoms with van der Waals surface area (Å²) in [6, 6.07) is 12.2. The van der Waals surface area contributed by atoms with E-state index in [-0.39, 0.29) is 11.7 Å². The third-order valence-electron chi connectivity index (χ3n) is 4.47. The number of benzene rings is 2. The van der Waals surface area contributed by atoms with E-state index in [1.807, 2.05) is 12.1 Å². The number of anilines is 2. The Morgan fingerprint density at radius 3 is 2.62 bits per heavy atom. The summed E-state index contributed by atoms with van der Waals surface area (Å²) < 4.78 is 43.7. The molecule has 8 heteroatoms. The minimum Gasteiger partial charge on any atom is -0.454 e. The summed E-state index contributed by atoms with van der Waals surface area (Å²) >= 11 is 0. The van der Waals surface area contributed by atoms with Crippen molar-refractivity contribution in [3.05, 3.63) is 42.5 Å². The molecular weight excluding hydrogens is 356 g/mol. The van der Waals surface area contributed by atoms with Crippen molar-refractivity contribution in [3.8, 4) is 11.5 Å². The maximum Gasteiger partial charge on any atom is 0.262 e. The highest BCUT2D eigenvalue weighted by atomic mass is 32.2. The molecule has 26 heavy (non-hydrogen) atoms. The first-order valence-corrected chi connectivity index (χ1v) is 9.88. The number of nitrogens with zero attached hydrogens (tertiary/aromatic N) is 1. The molecular formula is C18H20N2O5S. The van der Waals surface area contributed by atoms with Crippen molar-refractivity contribution in [1.29, 1.82) is 0 Å². The van der Waals surface area contributed by atoms with Gasteiger partial charge in [0.25, 0.3) is 10.0 Å². The van der Waals surface area contributed by atoms with Crippen LogP contribution in [-0.4, -0.2) is 41.0 Å². The Morgan fingerprint density at radius 1 is 1.08 bits per heavy atom. The van der Waals surface area contributed by atoms with Crippen LogP contribution in [0.15, 0.2) is 47.4 Å². The van der Waals surface area contributed by atoms with E-state index in [9.17, 15) is 8.42 Å². The lowest BCUT2D eigenvalue weighted by Gasteiger charge is -2.35. The maximum absolute atomic E-state index is 12.6. The van der Waals surface area contributed by atoms with Gasteiger partial charge >= 0.3 is 0 Å². The molecule has 0 bridgehead atoms. The molecule has 0 amide bonds. The standard InChI is InChI=1S/C18H20N2O5S/c1-13-11-23-9-8-20(13)15-4-2-14(3-5-15)19-26(21,22)16-6-7-17-18(10-16)25-12-24-17/h2-7,10,13,19H,8-9,11-12H2,1H3. The Bertz CT molecular complexity index is 898. The van der Waals surface area contributed by atoms with Crippen LogP contribution in [0.1, 0.15) is 6.92 Å². The number of rotatable bonds is 4. The van der Waals surface area contributed by atoms with Gasteiger partial charge in [-0.15, -0.1) is 0 Å². The van der Waals surface area contributed by atoms with Gasteiger partial charge in [-0.25, -0.2) is 8.42 Å². The zero-order valence-corrected chi connectivity index (χ0v) is 15.2. The summed E-state index contributed by atoms with van der Waals surface area (Å²) in [5, 5.41) is 0. The molecule has 2 heterocycles. The van der Waals surface area contributed by atoms with Crippen molar-refractivity contribution in [2.24, 2.45) is 0 Å². The number of fused-ring (bicyclic) bond motifs is 1. The normalized spacial score (nSPS) is 19.4. The average molecular weight is 376 g/mol. The molecule has 1 saturated heterocycles. The first kappa shape index (κ1) is 17.0. The van der Waals surface area contributed by atoms with Crippen LogP contribution in [-0.2, 0) is 14.8 Å². The number of ether oxygens (including phenoxy) is 3. The van der Waals surface area contributed by atoms with Crippen LogP contribution >= 0.6 is 0 Å². The van der Waals surface area contributed by atoms with Gasteiger partial charge in [0.2, 0.25) is 6.79 Å². The molecule has 2 aromatic rings. The molecule has 2 aliphatic heterocycles. The van der Waals surface area contributed by atoms with Crippen molar-refractivity contribution in [2.75, 3.05) is 36.2 Å². The van der Waals surface area contributed by atoms with Crippen molar-refractivity contribution >= 4 is 21.4 Å². The van der Waals surface area contributed by atoms with Crippen molar-refractivity contribution in [3.63, 3.8) is 0 Å².